The Morgan fingerprint density at radius 2 is 2.16 bits per heavy atom. The van der Waals surface area contributed by atoms with Gasteiger partial charge in [0.15, 0.2) is 0 Å². The standard InChI is InChI=1S/C13H24F3NO2/c1-2-6-17-12-5-8-18-9-11(12)4-3-7-19-10-13(14,15)16/h11-12,17H,2-10H2,1H3. The van der Waals surface area contributed by atoms with Crippen molar-refractivity contribution in [2.75, 3.05) is 33.0 Å². The van der Waals surface area contributed by atoms with Gasteiger partial charge in [0.25, 0.3) is 0 Å². The fourth-order valence-corrected chi connectivity index (χ4v) is 2.32. The smallest absolute Gasteiger partial charge is 0.381 e. The molecule has 0 aromatic heterocycles. The first-order chi connectivity index (χ1) is 9.03. The third-order valence-electron chi connectivity index (χ3n) is 3.26. The van der Waals surface area contributed by atoms with Crippen LogP contribution in [-0.2, 0) is 9.47 Å². The molecule has 0 radical (unpaired) electrons. The fraction of sp³-hybridized carbons (Fsp3) is 1.00. The Balaban J connectivity index is 2.14. The predicted molar refractivity (Wildman–Crippen MR) is 67.1 cm³/mol. The van der Waals surface area contributed by atoms with Crippen molar-refractivity contribution >= 4 is 0 Å². The molecule has 6 heteroatoms. The van der Waals surface area contributed by atoms with Gasteiger partial charge < -0.3 is 14.8 Å². The highest BCUT2D eigenvalue weighted by atomic mass is 19.4. The molecule has 0 bridgehead atoms. The number of ether oxygens (including phenoxy) is 2. The lowest BCUT2D eigenvalue weighted by atomic mass is 9.91. The van der Waals surface area contributed by atoms with Gasteiger partial charge in [0.1, 0.15) is 6.61 Å². The van der Waals surface area contributed by atoms with Crippen LogP contribution in [0, 0.1) is 5.92 Å². The number of nitrogens with one attached hydrogen (secondary N) is 1. The van der Waals surface area contributed by atoms with E-state index in [1.54, 1.807) is 0 Å². The van der Waals surface area contributed by atoms with Crippen LogP contribution in [0.3, 0.4) is 0 Å². The molecule has 114 valence electrons. The first-order valence-electron chi connectivity index (χ1n) is 6.98. The predicted octanol–water partition coefficient (Wildman–Crippen LogP) is 2.75. The molecule has 0 aromatic rings. The van der Waals surface area contributed by atoms with Crippen LogP contribution in [0.1, 0.15) is 32.6 Å². The van der Waals surface area contributed by atoms with Crippen LogP contribution in [0.15, 0.2) is 0 Å². The van der Waals surface area contributed by atoms with Gasteiger partial charge in [0, 0.05) is 19.3 Å². The van der Waals surface area contributed by atoms with Crippen molar-refractivity contribution in [2.45, 2.75) is 44.8 Å². The normalized spacial score (nSPS) is 24.6. The summed E-state index contributed by atoms with van der Waals surface area (Å²) < 4.78 is 45.7. The van der Waals surface area contributed by atoms with Gasteiger partial charge >= 0.3 is 6.18 Å². The zero-order chi connectivity index (χ0) is 14.1. The molecule has 19 heavy (non-hydrogen) atoms. The van der Waals surface area contributed by atoms with Gasteiger partial charge in [-0.05, 0) is 38.1 Å². The second-order valence-electron chi connectivity index (χ2n) is 4.99. The van der Waals surface area contributed by atoms with Gasteiger partial charge in [0.2, 0.25) is 0 Å². The Morgan fingerprint density at radius 1 is 1.37 bits per heavy atom. The summed E-state index contributed by atoms with van der Waals surface area (Å²) >= 11 is 0. The lowest BCUT2D eigenvalue weighted by molar-refractivity contribution is -0.174. The molecule has 3 nitrogen and oxygen atoms in total. The quantitative estimate of drug-likeness (QED) is 0.695. The van der Waals surface area contributed by atoms with Crippen LogP contribution in [-0.4, -0.2) is 45.2 Å². The molecule has 1 N–H and O–H groups in total. The maximum atomic E-state index is 11.9. The van der Waals surface area contributed by atoms with Crippen molar-refractivity contribution in [2.24, 2.45) is 5.92 Å². The first kappa shape index (κ1) is 16.7. The molecule has 1 rings (SSSR count). The van der Waals surface area contributed by atoms with Crippen LogP contribution in [0.2, 0.25) is 0 Å². The molecule has 0 aromatic carbocycles. The zero-order valence-electron chi connectivity index (χ0n) is 11.5. The minimum absolute atomic E-state index is 0.163. The highest BCUT2D eigenvalue weighted by molar-refractivity contribution is 4.79. The molecule has 1 fully saturated rings. The number of halogens is 3. The molecule has 0 saturated carbocycles. The lowest BCUT2D eigenvalue weighted by Gasteiger charge is -2.32. The summed E-state index contributed by atoms with van der Waals surface area (Å²) in [6.45, 7) is 3.57. The summed E-state index contributed by atoms with van der Waals surface area (Å²) in [5.41, 5.74) is 0. The molecule has 1 saturated heterocycles. The van der Waals surface area contributed by atoms with E-state index in [9.17, 15) is 13.2 Å². The maximum absolute atomic E-state index is 11.9. The second-order valence-corrected chi connectivity index (χ2v) is 4.99. The summed E-state index contributed by atoms with van der Waals surface area (Å²) in [7, 11) is 0. The SMILES string of the molecule is CCCNC1CCOCC1CCCOCC(F)(F)F. The number of hydrogen-bond donors (Lipinski definition) is 1. The van der Waals surface area contributed by atoms with Crippen LogP contribution in [0.5, 0.6) is 0 Å². The molecule has 0 amide bonds. The second kappa shape index (κ2) is 8.76. The molecule has 1 heterocycles. The fourth-order valence-electron chi connectivity index (χ4n) is 2.32. The zero-order valence-corrected chi connectivity index (χ0v) is 11.5. The van der Waals surface area contributed by atoms with Gasteiger partial charge in [-0.25, -0.2) is 0 Å². The monoisotopic (exact) mass is 283 g/mol. The number of rotatable bonds is 8. The van der Waals surface area contributed by atoms with E-state index >= 15 is 0 Å². The molecular weight excluding hydrogens is 259 g/mol. The summed E-state index contributed by atoms with van der Waals surface area (Å²) in [5.74, 6) is 0.384. The Morgan fingerprint density at radius 3 is 2.84 bits per heavy atom. The minimum atomic E-state index is -4.22. The van der Waals surface area contributed by atoms with E-state index in [1.165, 1.54) is 0 Å². The Labute approximate surface area is 112 Å². The minimum Gasteiger partial charge on any atom is -0.381 e. The largest absolute Gasteiger partial charge is 0.411 e. The topological polar surface area (TPSA) is 30.5 Å². The Kier molecular flexibility index (Phi) is 7.71. The lowest BCUT2D eigenvalue weighted by Crippen LogP contribution is -2.43. The van der Waals surface area contributed by atoms with Gasteiger partial charge in [0.05, 0.1) is 6.61 Å². The van der Waals surface area contributed by atoms with Crippen LogP contribution < -0.4 is 5.32 Å². The van der Waals surface area contributed by atoms with Gasteiger partial charge in [-0.15, -0.1) is 0 Å². The molecule has 2 unspecified atom stereocenters. The van der Waals surface area contributed by atoms with Crippen molar-refractivity contribution in [1.29, 1.82) is 0 Å². The van der Waals surface area contributed by atoms with Crippen molar-refractivity contribution in [3.63, 3.8) is 0 Å². The van der Waals surface area contributed by atoms with Gasteiger partial charge in [-0.3, -0.25) is 0 Å². The molecule has 1 aliphatic heterocycles. The number of hydrogen-bond acceptors (Lipinski definition) is 3. The Hall–Kier alpha value is -0.330. The molecule has 1 aliphatic rings. The third-order valence-corrected chi connectivity index (χ3v) is 3.26. The first-order valence-corrected chi connectivity index (χ1v) is 6.98. The van der Waals surface area contributed by atoms with E-state index in [1.807, 2.05) is 0 Å². The molecular formula is C13H24F3NO2. The summed E-state index contributed by atoms with van der Waals surface area (Å²) in [5, 5.41) is 3.49. The van der Waals surface area contributed by atoms with Crippen LogP contribution >= 0.6 is 0 Å². The highest BCUT2D eigenvalue weighted by Gasteiger charge is 2.28. The van der Waals surface area contributed by atoms with Crippen LogP contribution in [0.25, 0.3) is 0 Å². The molecule has 2 atom stereocenters. The van der Waals surface area contributed by atoms with Gasteiger partial charge in [-0.2, -0.15) is 13.2 Å². The summed E-state index contributed by atoms with van der Waals surface area (Å²) in [4.78, 5) is 0. The Bertz CT molecular complexity index is 236. The van der Waals surface area contributed by atoms with Crippen LogP contribution in [0.4, 0.5) is 13.2 Å². The van der Waals surface area contributed by atoms with E-state index in [4.69, 9.17) is 4.74 Å². The number of alkyl halides is 3. The van der Waals surface area contributed by atoms with E-state index in [0.29, 0.717) is 25.0 Å². The summed E-state index contributed by atoms with van der Waals surface area (Å²) in [6.07, 6.45) is -0.667. The highest BCUT2D eigenvalue weighted by Crippen LogP contribution is 2.20. The van der Waals surface area contributed by atoms with E-state index in [0.717, 1.165) is 32.4 Å². The average molecular weight is 283 g/mol. The molecule has 0 aliphatic carbocycles. The third kappa shape index (κ3) is 7.74. The van der Waals surface area contributed by atoms with Gasteiger partial charge in [-0.1, -0.05) is 6.92 Å². The van der Waals surface area contributed by atoms with E-state index in [-0.39, 0.29) is 6.61 Å². The van der Waals surface area contributed by atoms with Crippen molar-refractivity contribution in [3.8, 4) is 0 Å². The van der Waals surface area contributed by atoms with Crippen molar-refractivity contribution in [1.82, 2.24) is 5.32 Å². The van der Waals surface area contributed by atoms with Crippen molar-refractivity contribution in [3.05, 3.63) is 0 Å². The summed E-state index contributed by atoms with van der Waals surface area (Å²) in [6, 6.07) is 0.427. The van der Waals surface area contributed by atoms with Crippen molar-refractivity contribution < 1.29 is 22.6 Å². The average Bonchev–Trinajstić information content (AvgIpc) is 2.36. The van der Waals surface area contributed by atoms with E-state index in [2.05, 4.69) is 17.0 Å². The van der Waals surface area contributed by atoms with E-state index < -0.39 is 12.8 Å². The maximum Gasteiger partial charge on any atom is 0.411 e. The molecule has 0 spiro atoms.